The fourth-order valence-electron chi connectivity index (χ4n) is 9.81. The maximum absolute atomic E-state index is 13.5. The van der Waals surface area contributed by atoms with E-state index in [9.17, 15) is 29.1 Å². The standard InChI is InChI=1S/C35H50O12/c1-18(36)42-17-28-29(44-19(2)37)30(45-20(3)38)31(46-21(4)39)32(47-28)43-16-22-15-33(5)23(14-27(22)40)8-9-24-25(33)10-12-34(6)26(24)11-13-35(34,7)41/h16,23-26,28-32,41H,8-15,17H2,1-7H3. The zero-order valence-corrected chi connectivity index (χ0v) is 28.6. The molecule has 12 atom stereocenters. The van der Waals surface area contributed by atoms with E-state index < -0.39 is 60.2 Å². The lowest BCUT2D eigenvalue weighted by molar-refractivity contribution is -0.297. The smallest absolute Gasteiger partial charge is 0.303 e. The summed E-state index contributed by atoms with van der Waals surface area (Å²) < 4.78 is 33.8. The molecule has 0 amide bonds. The molecule has 12 unspecified atom stereocenters. The van der Waals surface area contributed by atoms with Crippen LogP contribution in [0, 0.1) is 34.5 Å². The van der Waals surface area contributed by atoms with Crippen molar-refractivity contribution in [2.45, 2.75) is 136 Å². The molecule has 4 saturated carbocycles. The van der Waals surface area contributed by atoms with Gasteiger partial charge in [0.25, 0.3) is 0 Å². The molecule has 262 valence electrons. The predicted molar refractivity (Wildman–Crippen MR) is 164 cm³/mol. The number of Topliss-reactive ketones (excluding diaryl/α,β-unsaturated/α-hetero) is 1. The van der Waals surface area contributed by atoms with E-state index in [1.807, 2.05) is 6.92 Å². The lowest BCUT2D eigenvalue weighted by Gasteiger charge is -2.61. The Balaban J connectivity index is 1.42. The van der Waals surface area contributed by atoms with E-state index in [1.54, 1.807) is 0 Å². The fraction of sp³-hybridized carbons (Fsp3) is 0.800. The van der Waals surface area contributed by atoms with Crippen molar-refractivity contribution < 1.29 is 57.5 Å². The van der Waals surface area contributed by atoms with Gasteiger partial charge in [-0.1, -0.05) is 13.8 Å². The second-order valence-corrected chi connectivity index (χ2v) is 15.1. The maximum Gasteiger partial charge on any atom is 0.303 e. The summed E-state index contributed by atoms with van der Waals surface area (Å²) in [6, 6.07) is 0. The molecule has 1 heterocycles. The number of carbonyl (C=O) groups is 5. The van der Waals surface area contributed by atoms with E-state index in [-0.39, 0.29) is 29.1 Å². The molecule has 0 aromatic heterocycles. The van der Waals surface area contributed by atoms with Crippen molar-refractivity contribution in [3.05, 3.63) is 11.8 Å². The average Bonchev–Trinajstić information content (AvgIpc) is 3.21. The van der Waals surface area contributed by atoms with Crippen molar-refractivity contribution in [2.75, 3.05) is 6.61 Å². The Morgan fingerprint density at radius 2 is 1.45 bits per heavy atom. The summed E-state index contributed by atoms with van der Waals surface area (Å²) in [5.41, 5.74) is -0.447. The summed E-state index contributed by atoms with van der Waals surface area (Å²) in [6.07, 6.45) is 1.48. The lowest BCUT2D eigenvalue weighted by Crippen LogP contribution is -2.62. The molecule has 5 aliphatic rings. The summed E-state index contributed by atoms with van der Waals surface area (Å²) in [7, 11) is 0. The zero-order chi connectivity index (χ0) is 34.5. The van der Waals surface area contributed by atoms with Crippen molar-refractivity contribution in [1.82, 2.24) is 0 Å². The topological polar surface area (TPSA) is 161 Å². The van der Waals surface area contributed by atoms with Gasteiger partial charge >= 0.3 is 23.9 Å². The number of allylic oxidation sites excluding steroid dienone is 1. The Hall–Kier alpha value is -2.99. The first kappa shape index (κ1) is 35.3. The van der Waals surface area contributed by atoms with Gasteiger partial charge in [-0.05, 0) is 86.4 Å². The maximum atomic E-state index is 13.5. The lowest BCUT2D eigenvalue weighted by atomic mass is 9.44. The highest BCUT2D eigenvalue weighted by Crippen LogP contribution is 2.68. The van der Waals surface area contributed by atoms with Gasteiger partial charge in [0.15, 0.2) is 18.0 Å². The summed E-state index contributed by atoms with van der Waals surface area (Å²) >= 11 is 0. The summed E-state index contributed by atoms with van der Waals surface area (Å²) in [4.78, 5) is 61.6. The highest BCUT2D eigenvalue weighted by molar-refractivity contribution is 5.96. The second kappa shape index (κ2) is 13.1. The Kier molecular flexibility index (Phi) is 9.87. The van der Waals surface area contributed by atoms with Gasteiger partial charge in [0.2, 0.25) is 12.4 Å². The molecule has 1 N–H and O–H groups in total. The molecule has 0 aromatic carbocycles. The highest BCUT2D eigenvalue weighted by Gasteiger charge is 2.63. The monoisotopic (exact) mass is 662 g/mol. The fourth-order valence-corrected chi connectivity index (χ4v) is 9.81. The Labute approximate surface area is 276 Å². The SMILES string of the molecule is CC(=O)OCC1OC(OC=C2CC3(C)C(CCC4C3CCC3(C)C4CCC3(C)O)CC2=O)C(OC(C)=O)C(OC(C)=O)C1OC(C)=O. The van der Waals surface area contributed by atoms with Crippen molar-refractivity contribution in [1.29, 1.82) is 0 Å². The number of ether oxygens (including phenoxy) is 6. The molecule has 5 rings (SSSR count). The molecule has 1 aliphatic heterocycles. The van der Waals surface area contributed by atoms with Gasteiger partial charge in [0.05, 0.1) is 11.9 Å². The number of fused-ring (bicyclic) bond motifs is 5. The van der Waals surface area contributed by atoms with Gasteiger partial charge < -0.3 is 33.5 Å². The van der Waals surface area contributed by atoms with Crippen LogP contribution in [-0.2, 0) is 52.4 Å². The molecular formula is C35H50O12. The first-order valence-corrected chi connectivity index (χ1v) is 16.9. The second-order valence-electron chi connectivity index (χ2n) is 15.1. The molecule has 0 radical (unpaired) electrons. The van der Waals surface area contributed by atoms with Crippen molar-refractivity contribution in [3.8, 4) is 0 Å². The van der Waals surface area contributed by atoms with E-state index in [0.29, 0.717) is 36.2 Å². The zero-order valence-electron chi connectivity index (χ0n) is 28.6. The molecule has 12 heteroatoms. The predicted octanol–water partition coefficient (Wildman–Crippen LogP) is 3.94. The number of ketones is 1. The number of rotatable bonds is 7. The summed E-state index contributed by atoms with van der Waals surface area (Å²) in [5.74, 6) is -1.29. The van der Waals surface area contributed by atoms with Crippen LogP contribution in [0.5, 0.6) is 0 Å². The van der Waals surface area contributed by atoms with Crippen LogP contribution in [0.4, 0.5) is 0 Å². The minimum Gasteiger partial charge on any atom is -0.468 e. The molecule has 47 heavy (non-hydrogen) atoms. The van der Waals surface area contributed by atoms with E-state index >= 15 is 0 Å². The molecule has 0 spiro atoms. The highest BCUT2D eigenvalue weighted by atomic mass is 16.7. The van der Waals surface area contributed by atoms with Crippen molar-refractivity contribution in [3.63, 3.8) is 0 Å². The normalized spacial score (nSPS) is 43.5. The molecule has 12 nitrogen and oxygen atoms in total. The van der Waals surface area contributed by atoms with Crippen LogP contribution < -0.4 is 0 Å². The van der Waals surface area contributed by atoms with Crippen LogP contribution in [0.15, 0.2) is 11.8 Å². The van der Waals surface area contributed by atoms with Crippen LogP contribution in [0.25, 0.3) is 0 Å². The Morgan fingerprint density at radius 1 is 0.830 bits per heavy atom. The van der Waals surface area contributed by atoms with Crippen molar-refractivity contribution >= 4 is 29.7 Å². The Bertz CT molecular complexity index is 1310. The van der Waals surface area contributed by atoms with E-state index in [0.717, 1.165) is 59.3 Å². The molecule has 0 aromatic rings. The molecule has 1 saturated heterocycles. The summed E-state index contributed by atoms with van der Waals surface area (Å²) in [5, 5.41) is 11.3. The van der Waals surface area contributed by atoms with Crippen LogP contribution in [-0.4, -0.2) is 77.7 Å². The van der Waals surface area contributed by atoms with Gasteiger partial charge in [0.1, 0.15) is 12.7 Å². The number of esters is 4. The third-order valence-electron chi connectivity index (χ3n) is 12.3. The van der Waals surface area contributed by atoms with Crippen molar-refractivity contribution in [2.24, 2.45) is 34.5 Å². The summed E-state index contributed by atoms with van der Waals surface area (Å²) in [6.45, 7) is 10.8. The van der Waals surface area contributed by atoms with Gasteiger partial charge in [-0.3, -0.25) is 24.0 Å². The first-order chi connectivity index (χ1) is 22.0. The van der Waals surface area contributed by atoms with Crippen LogP contribution in [0.2, 0.25) is 0 Å². The van der Waals surface area contributed by atoms with E-state index in [2.05, 4.69) is 13.8 Å². The van der Waals surface area contributed by atoms with Crippen LogP contribution in [0.1, 0.15) is 99.8 Å². The molecule has 4 aliphatic carbocycles. The van der Waals surface area contributed by atoms with Gasteiger partial charge in [-0.25, -0.2) is 0 Å². The largest absolute Gasteiger partial charge is 0.468 e. The van der Waals surface area contributed by atoms with E-state index in [1.165, 1.54) is 13.2 Å². The Morgan fingerprint density at radius 3 is 2.09 bits per heavy atom. The quantitative estimate of drug-likeness (QED) is 0.181. The number of hydrogen-bond acceptors (Lipinski definition) is 12. The number of carbonyl (C=O) groups excluding carboxylic acids is 5. The van der Waals surface area contributed by atoms with Gasteiger partial charge in [-0.15, -0.1) is 0 Å². The van der Waals surface area contributed by atoms with Gasteiger partial charge in [-0.2, -0.15) is 0 Å². The third-order valence-corrected chi connectivity index (χ3v) is 12.3. The van der Waals surface area contributed by atoms with E-state index in [4.69, 9.17) is 28.4 Å². The average molecular weight is 663 g/mol. The van der Waals surface area contributed by atoms with Crippen LogP contribution in [0.3, 0.4) is 0 Å². The molecule has 5 fully saturated rings. The minimum atomic E-state index is -1.39. The minimum absolute atomic E-state index is 0.0268. The molecular weight excluding hydrogens is 612 g/mol. The number of hydrogen-bond donors (Lipinski definition) is 1. The number of aliphatic hydroxyl groups is 1. The first-order valence-electron chi connectivity index (χ1n) is 16.9. The van der Waals surface area contributed by atoms with Crippen LogP contribution >= 0.6 is 0 Å². The third kappa shape index (κ3) is 6.69. The van der Waals surface area contributed by atoms with Gasteiger partial charge in [0, 0.05) is 39.7 Å². The molecule has 0 bridgehead atoms.